The lowest BCUT2D eigenvalue weighted by molar-refractivity contribution is -0.152. The molecule has 3 saturated carbocycles. The number of carbonyl (C=O) groups excluding carboxylic acids is 12. The van der Waals surface area contributed by atoms with Crippen LogP contribution >= 0.6 is 0 Å². The molecule has 6 fully saturated rings. The number of nitrogens with one attached hydrogen (secondary N) is 3. The molecule has 6 heterocycles. The molecule has 5 unspecified atom stereocenters. The molecule has 42 heteroatoms. The van der Waals surface area contributed by atoms with E-state index in [1.807, 2.05) is 28.7 Å². The SMILES string of the molecule is C.C.C.COCCOCCn1nnc2c1CC[C@H]1C(COC(=O)NCCC(=O)N3CCN(CC(C)=O)C(COC(=O)C(C)C)C3)[C@H]1CC2.COCCOCCn1nnc2c1CC[C@H]1[C@@H](CC2)[C@H]1COC(=O)NCCC(=O)N1CCN(CC(=O)CC(=O)CN2CCN(C(=O)CCNC(=O)OCC3[C@H]4CCc5nnn(CCOCCOC)c5CC[C@@H]34)CC2COC(=O)C(C)C)C(COC(=O)C(C)C)C1. The molecule has 6 amide bonds. The van der Waals surface area contributed by atoms with Crippen molar-refractivity contribution in [3.63, 3.8) is 0 Å². The molecule has 0 aromatic carbocycles. The number of Topliss-reactive ketones (excluding diaryl/α,β-unsaturated/α-hetero) is 3. The van der Waals surface area contributed by atoms with E-state index >= 15 is 0 Å². The Morgan fingerprint density at radius 3 is 0.898 bits per heavy atom. The maximum atomic E-state index is 13.7. The first kappa shape index (κ1) is 113. The highest BCUT2D eigenvalue weighted by Crippen LogP contribution is 2.55. The van der Waals surface area contributed by atoms with E-state index in [9.17, 15) is 57.5 Å². The highest BCUT2D eigenvalue weighted by molar-refractivity contribution is 6.01. The molecular formula is C95H158N18O24. The smallest absolute Gasteiger partial charge is 0.407 e. The number of hydrogen-bond acceptors (Lipinski definition) is 33. The molecule has 137 heavy (non-hydrogen) atoms. The monoisotopic (exact) mass is 1940 g/mol. The van der Waals surface area contributed by atoms with E-state index in [0.717, 1.165) is 106 Å². The minimum Gasteiger partial charge on any atom is -0.464 e. The summed E-state index contributed by atoms with van der Waals surface area (Å²) in [6.45, 7) is 22.6. The fourth-order valence-electron chi connectivity index (χ4n) is 19.5. The Bertz CT molecular complexity index is 4160. The lowest BCUT2D eigenvalue weighted by Crippen LogP contribution is -2.58. The van der Waals surface area contributed by atoms with Gasteiger partial charge >= 0.3 is 36.2 Å². The van der Waals surface area contributed by atoms with E-state index in [4.69, 9.17) is 56.8 Å². The summed E-state index contributed by atoms with van der Waals surface area (Å²) in [4.78, 5) is 165. The first-order chi connectivity index (χ1) is 64.7. The maximum absolute atomic E-state index is 13.7. The summed E-state index contributed by atoms with van der Waals surface area (Å²) in [7, 11) is 4.93. The largest absolute Gasteiger partial charge is 0.464 e. The minimum atomic E-state index is -0.584. The lowest BCUT2D eigenvalue weighted by atomic mass is 10.0. The number of methoxy groups -OCH3 is 3. The number of piperazine rings is 3. The van der Waals surface area contributed by atoms with E-state index < -0.39 is 60.6 Å². The van der Waals surface area contributed by atoms with Crippen LogP contribution in [-0.2, 0) is 158 Å². The van der Waals surface area contributed by atoms with Crippen molar-refractivity contribution in [2.45, 2.75) is 211 Å². The zero-order chi connectivity index (χ0) is 95.7. The Kier molecular flexibility index (Phi) is 47.4. The highest BCUT2D eigenvalue weighted by atomic mass is 16.6. The summed E-state index contributed by atoms with van der Waals surface area (Å²) in [6, 6.07) is -1.34. The van der Waals surface area contributed by atoms with Crippen molar-refractivity contribution in [3.05, 3.63) is 34.2 Å². The Hall–Kier alpha value is -9.30. The molecule has 0 spiro atoms. The van der Waals surface area contributed by atoms with Crippen LogP contribution in [0, 0.1) is 71.0 Å². The van der Waals surface area contributed by atoms with Gasteiger partial charge in [-0.2, -0.15) is 0 Å². The maximum Gasteiger partial charge on any atom is 0.407 e. The number of ether oxygens (including phenoxy) is 12. The second-order valence-electron chi connectivity index (χ2n) is 37.7. The number of aromatic nitrogens is 9. The van der Waals surface area contributed by atoms with Crippen molar-refractivity contribution < 1.29 is 114 Å². The number of aryl methyl sites for hydroxylation is 3. The molecule has 3 saturated heterocycles. The zero-order valence-corrected chi connectivity index (χ0v) is 80.3. The molecule has 3 N–H and O–H groups in total. The van der Waals surface area contributed by atoms with Gasteiger partial charge in [-0.1, -0.05) is 79.5 Å². The fourth-order valence-corrected chi connectivity index (χ4v) is 19.5. The van der Waals surface area contributed by atoms with Crippen molar-refractivity contribution in [3.8, 4) is 0 Å². The Morgan fingerprint density at radius 2 is 0.628 bits per heavy atom. The van der Waals surface area contributed by atoms with Crippen LogP contribution in [0.15, 0.2) is 0 Å². The summed E-state index contributed by atoms with van der Waals surface area (Å²) in [5, 5.41) is 34.6. The van der Waals surface area contributed by atoms with Gasteiger partial charge in [0.05, 0.1) is 195 Å². The van der Waals surface area contributed by atoms with Gasteiger partial charge in [0.25, 0.3) is 0 Å². The fraction of sp³-hybridized carbons (Fsp3) is 0.811. The Labute approximate surface area is 807 Å². The van der Waals surface area contributed by atoms with Crippen molar-refractivity contribution in [2.24, 2.45) is 71.0 Å². The molecule has 9 aliphatic rings. The summed E-state index contributed by atoms with van der Waals surface area (Å²) in [5.74, 6) is 0.220. The van der Waals surface area contributed by atoms with Gasteiger partial charge in [-0.25, -0.2) is 28.4 Å². The average Bonchev–Trinajstić information content (AvgIpc) is 1.61. The van der Waals surface area contributed by atoms with Gasteiger partial charge < -0.3 is 87.5 Å². The molecule has 3 aromatic rings. The topological polar surface area (TPSA) is 463 Å². The Balaban J connectivity index is 0.000000403. The van der Waals surface area contributed by atoms with Gasteiger partial charge in [-0.3, -0.25) is 57.9 Å². The number of esters is 3. The van der Waals surface area contributed by atoms with Gasteiger partial charge in [0.1, 0.15) is 25.6 Å². The van der Waals surface area contributed by atoms with E-state index in [-0.39, 0.29) is 205 Å². The molecule has 3 aliphatic heterocycles. The van der Waals surface area contributed by atoms with Crippen molar-refractivity contribution in [1.29, 1.82) is 0 Å². The number of hydrogen-bond donors (Lipinski definition) is 3. The molecule has 6 aliphatic carbocycles. The van der Waals surface area contributed by atoms with E-state index in [0.29, 0.717) is 160 Å². The molecule has 12 atom stereocenters. The Morgan fingerprint density at radius 1 is 0.350 bits per heavy atom. The second kappa shape index (κ2) is 57.4. The van der Waals surface area contributed by atoms with Gasteiger partial charge in [0.2, 0.25) is 17.7 Å². The first-order valence-corrected chi connectivity index (χ1v) is 48.4. The quantitative estimate of drug-likeness (QED) is 0.0301. The van der Waals surface area contributed by atoms with Crippen LogP contribution in [0.3, 0.4) is 0 Å². The number of rotatable bonds is 50. The van der Waals surface area contributed by atoms with E-state index in [1.54, 1.807) is 77.6 Å². The minimum absolute atomic E-state index is 0. The van der Waals surface area contributed by atoms with Crippen LogP contribution in [0.4, 0.5) is 14.4 Å². The summed E-state index contributed by atoms with van der Waals surface area (Å²) < 4.78 is 71.3. The molecule has 42 nitrogen and oxygen atoms in total. The molecule has 772 valence electrons. The molecule has 0 bridgehead atoms. The summed E-state index contributed by atoms with van der Waals surface area (Å²) in [6.07, 6.45) is 9.01. The van der Waals surface area contributed by atoms with Crippen LogP contribution in [-0.4, -0.2) is 382 Å². The summed E-state index contributed by atoms with van der Waals surface area (Å²) >= 11 is 0. The molecular weight excluding hydrogens is 1780 g/mol. The van der Waals surface area contributed by atoms with Gasteiger partial charge in [0, 0.05) is 119 Å². The van der Waals surface area contributed by atoms with Crippen LogP contribution in [0.5, 0.6) is 0 Å². The average molecular weight is 1940 g/mol. The van der Waals surface area contributed by atoms with Crippen LogP contribution < -0.4 is 16.0 Å². The number of ketones is 3. The predicted octanol–water partition coefficient (Wildman–Crippen LogP) is 4.57. The number of alkyl carbamates (subject to hydrolysis) is 3. The third-order valence-corrected chi connectivity index (χ3v) is 27.4. The predicted molar refractivity (Wildman–Crippen MR) is 500 cm³/mol. The molecule has 0 radical (unpaired) electrons. The zero-order valence-electron chi connectivity index (χ0n) is 80.3. The standard InChI is InChI=1S/C61H96N12O16.C31H50N6O8.3CH4/c1-40(2)58(78)86-36-42-32-70(56(76)15-17-62-60(80)88-38-50-46-7-11-52-54(13-9-48(46)50)72(66-64-52)23-25-84-29-27-82-5)21-19-68(42)34-44(74)31-45(75)35-69-20-22-71(33-43(69)37-87-59(79)41(3)4)57(77)16-18-63-61(81)89-39-51-47-8-12-53-55(14-10-49(47)51)73(67-65-53)24-26-85-30-28-83-6;1-21(2)30(40)44-19-23-18-36(12-11-35(23)17-22(3)38)29(39)9-10-32-31(41)45-20-26-24-5-7-27-28(8-6-25(24)26)37(34-33-27)13-14-43-16-15-42-4;;;/h40-43,46-51H,7-39H2,1-6H3,(H,62,80)(H,63,81);21,23-26H,5-20H2,1-4H3,(H,32,41);3*1H4/t42?,43?,46-,47+,48+,49-,50-,51?;23?,24-,25+,26?;;;/m10.../s1. The van der Waals surface area contributed by atoms with Crippen molar-refractivity contribution >= 4 is 71.3 Å². The second-order valence-corrected chi connectivity index (χ2v) is 37.7. The third kappa shape index (κ3) is 34.9. The molecule has 3 aromatic heterocycles. The van der Waals surface area contributed by atoms with Gasteiger partial charge in [-0.15, -0.1) is 15.3 Å². The van der Waals surface area contributed by atoms with Crippen molar-refractivity contribution in [2.75, 3.05) is 219 Å². The number of fused-ring (bicyclic) bond motifs is 6. The van der Waals surface area contributed by atoms with Crippen molar-refractivity contribution in [1.82, 2.24) is 90.3 Å². The lowest BCUT2D eigenvalue weighted by Gasteiger charge is -2.41. The van der Waals surface area contributed by atoms with Gasteiger partial charge in [-0.05, 0) is 137 Å². The first-order valence-electron chi connectivity index (χ1n) is 48.4. The van der Waals surface area contributed by atoms with E-state index in [1.165, 1.54) is 12.6 Å². The third-order valence-electron chi connectivity index (χ3n) is 27.4. The normalized spacial score (nSPS) is 22.7. The molecule has 12 rings (SSSR count). The summed E-state index contributed by atoms with van der Waals surface area (Å²) in [5.41, 5.74) is 6.57. The van der Waals surface area contributed by atoms with Crippen LogP contribution in [0.2, 0.25) is 0 Å². The number of carbonyl (C=O) groups is 12. The number of nitrogens with zero attached hydrogens (tertiary/aromatic N) is 15. The number of amides is 6. The highest BCUT2D eigenvalue weighted by Gasteiger charge is 2.53. The van der Waals surface area contributed by atoms with E-state index in [2.05, 4.69) is 46.9 Å². The van der Waals surface area contributed by atoms with Crippen LogP contribution in [0.1, 0.15) is 169 Å². The van der Waals surface area contributed by atoms with Crippen LogP contribution in [0.25, 0.3) is 0 Å². The van der Waals surface area contributed by atoms with Gasteiger partial charge in [0.15, 0.2) is 11.6 Å².